The maximum Gasteiger partial charge on any atom is 0.255 e. The maximum absolute atomic E-state index is 11.9. The molecule has 0 atom stereocenters. The molecule has 3 nitrogen and oxygen atoms in total. The van der Waals surface area contributed by atoms with E-state index in [1.165, 1.54) is 0 Å². The van der Waals surface area contributed by atoms with Gasteiger partial charge in [-0.1, -0.05) is 64.6 Å². The van der Waals surface area contributed by atoms with Crippen molar-refractivity contribution in [1.29, 1.82) is 0 Å². The number of hydrogen-bond donors (Lipinski definition) is 1. The van der Waals surface area contributed by atoms with Gasteiger partial charge in [0.25, 0.3) is 5.91 Å². The number of carbonyl (C=O) groups is 1. The van der Waals surface area contributed by atoms with Crippen LogP contribution in [0.15, 0.2) is 61.4 Å². The van der Waals surface area contributed by atoms with Gasteiger partial charge in [-0.05, 0) is 17.7 Å². The first kappa shape index (κ1) is 18.6. The van der Waals surface area contributed by atoms with Crippen LogP contribution in [0, 0.1) is 0 Å². The van der Waals surface area contributed by atoms with E-state index in [4.69, 9.17) is 0 Å². The third-order valence-corrected chi connectivity index (χ3v) is 2.32. The molecule has 0 radical (unpaired) electrons. The predicted molar refractivity (Wildman–Crippen MR) is 91.0 cm³/mol. The van der Waals surface area contributed by atoms with E-state index < -0.39 is 0 Å². The third kappa shape index (κ3) is 6.52. The zero-order chi connectivity index (χ0) is 16.1. The van der Waals surface area contributed by atoms with Gasteiger partial charge in [0.15, 0.2) is 0 Å². The fraction of sp³-hybridized carbons (Fsp3) is 0.222. The second-order valence-electron chi connectivity index (χ2n) is 3.54. The lowest BCUT2D eigenvalue weighted by Crippen LogP contribution is -2.12. The Labute approximate surface area is 127 Å². The largest absolute Gasteiger partial charge is 0.321 e. The minimum Gasteiger partial charge on any atom is -0.321 e. The smallest absolute Gasteiger partial charge is 0.255 e. The molecule has 1 aromatic carbocycles. The van der Waals surface area contributed by atoms with Crippen molar-refractivity contribution < 1.29 is 4.79 Å². The standard InChI is InChI=1S/C14H12N2O.2C2H6/c1-11(12-6-3-2-4-7-12)14(17)16-13-8-5-9-15-10-13;2*1-2/h2-10H,1H2,(H,16,17);2*1-2H3. The molecule has 21 heavy (non-hydrogen) atoms. The molecule has 112 valence electrons. The van der Waals surface area contributed by atoms with Crippen LogP contribution in [0.5, 0.6) is 0 Å². The van der Waals surface area contributed by atoms with E-state index in [0.29, 0.717) is 11.3 Å². The number of amides is 1. The molecule has 2 aromatic rings. The molecule has 1 N–H and O–H groups in total. The van der Waals surface area contributed by atoms with Crippen LogP contribution in [0.1, 0.15) is 33.3 Å². The summed E-state index contributed by atoms with van der Waals surface area (Å²) in [5.41, 5.74) is 1.91. The Morgan fingerprint density at radius 2 is 1.62 bits per heavy atom. The fourth-order valence-electron chi connectivity index (χ4n) is 1.41. The van der Waals surface area contributed by atoms with Crippen LogP contribution in [-0.2, 0) is 4.79 Å². The van der Waals surface area contributed by atoms with E-state index in [2.05, 4.69) is 16.9 Å². The van der Waals surface area contributed by atoms with Crippen molar-refractivity contribution in [3.05, 3.63) is 67.0 Å². The van der Waals surface area contributed by atoms with Gasteiger partial charge in [0.1, 0.15) is 0 Å². The van der Waals surface area contributed by atoms with Gasteiger partial charge in [0, 0.05) is 11.8 Å². The quantitative estimate of drug-likeness (QED) is 0.824. The molecule has 1 aromatic heterocycles. The predicted octanol–water partition coefficient (Wildman–Crippen LogP) is 4.79. The summed E-state index contributed by atoms with van der Waals surface area (Å²) < 4.78 is 0. The highest BCUT2D eigenvalue weighted by atomic mass is 16.1. The van der Waals surface area contributed by atoms with Crippen LogP contribution in [0.25, 0.3) is 5.57 Å². The molecule has 0 fully saturated rings. The number of nitrogens with zero attached hydrogens (tertiary/aromatic N) is 1. The number of carbonyl (C=O) groups excluding carboxylic acids is 1. The molecule has 0 unspecified atom stereocenters. The monoisotopic (exact) mass is 284 g/mol. The topological polar surface area (TPSA) is 42.0 Å². The van der Waals surface area contributed by atoms with Crippen molar-refractivity contribution in [1.82, 2.24) is 4.98 Å². The number of anilines is 1. The minimum absolute atomic E-state index is 0.218. The number of aromatic nitrogens is 1. The molecule has 1 amide bonds. The molecule has 0 aliphatic heterocycles. The van der Waals surface area contributed by atoms with Crippen molar-refractivity contribution in [3.8, 4) is 0 Å². The second kappa shape index (κ2) is 11.4. The zero-order valence-electron chi connectivity index (χ0n) is 13.3. The molecule has 0 bridgehead atoms. The Bertz CT molecular complexity index is 521. The van der Waals surface area contributed by atoms with Gasteiger partial charge in [-0.3, -0.25) is 9.78 Å². The average molecular weight is 284 g/mol. The summed E-state index contributed by atoms with van der Waals surface area (Å²) in [5, 5.41) is 2.74. The first-order chi connectivity index (χ1) is 10.3. The average Bonchev–Trinajstić information content (AvgIpc) is 2.59. The summed E-state index contributed by atoms with van der Waals surface area (Å²) in [4.78, 5) is 15.8. The van der Waals surface area contributed by atoms with Gasteiger partial charge >= 0.3 is 0 Å². The van der Waals surface area contributed by atoms with Gasteiger partial charge in [0.2, 0.25) is 0 Å². The molecule has 0 aliphatic rings. The van der Waals surface area contributed by atoms with Gasteiger partial charge < -0.3 is 5.32 Å². The van der Waals surface area contributed by atoms with Gasteiger partial charge in [0.05, 0.1) is 11.9 Å². The van der Waals surface area contributed by atoms with E-state index in [0.717, 1.165) is 5.56 Å². The molecular weight excluding hydrogens is 260 g/mol. The molecule has 0 aliphatic carbocycles. The second-order valence-corrected chi connectivity index (χ2v) is 3.54. The number of benzene rings is 1. The van der Waals surface area contributed by atoms with Crippen LogP contribution in [0.4, 0.5) is 5.69 Å². The first-order valence-corrected chi connectivity index (χ1v) is 7.23. The van der Waals surface area contributed by atoms with E-state index in [1.807, 2.05) is 58.0 Å². The minimum atomic E-state index is -0.218. The first-order valence-electron chi connectivity index (χ1n) is 7.23. The SMILES string of the molecule is C=C(C(=O)Nc1cccnc1)c1ccccc1.CC.CC. The Kier molecular flexibility index (Phi) is 10.1. The van der Waals surface area contributed by atoms with E-state index in [1.54, 1.807) is 24.5 Å². The number of rotatable bonds is 3. The Balaban J connectivity index is 0.000000921. The number of nitrogens with one attached hydrogen (secondary N) is 1. The number of hydrogen-bond acceptors (Lipinski definition) is 2. The van der Waals surface area contributed by atoms with Crippen LogP contribution in [0.2, 0.25) is 0 Å². The number of pyridine rings is 1. The molecule has 0 saturated heterocycles. The van der Waals surface area contributed by atoms with Crippen molar-refractivity contribution in [2.45, 2.75) is 27.7 Å². The molecule has 3 heteroatoms. The zero-order valence-corrected chi connectivity index (χ0v) is 13.3. The highest BCUT2D eigenvalue weighted by molar-refractivity contribution is 6.24. The van der Waals surface area contributed by atoms with Gasteiger partial charge in [-0.2, -0.15) is 0 Å². The maximum atomic E-state index is 11.9. The van der Waals surface area contributed by atoms with E-state index in [-0.39, 0.29) is 5.91 Å². The highest BCUT2D eigenvalue weighted by Gasteiger charge is 2.08. The summed E-state index contributed by atoms with van der Waals surface area (Å²) >= 11 is 0. The van der Waals surface area contributed by atoms with Gasteiger partial charge in [-0.15, -0.1) is 0 Å². The summed E-state index contributed by atoms with van der Waals surface area (Å²) in [5.74, 6) is -0.218. The van der Waals surface area contributed by atoms with Crippen LogP contribution >= 0.6 is 0 Å². The van der Waals surface area contributed by atoms with Crippen LogP contribution < -0.4 is 5.32 Å². The van der Waals surface area contributed by atoms with Crippen molar-refractivity contribution in [2.24, 2.45) is 0 Å². The van der Waals surface area contributed by atoms with E-state index >= 15 is 0 Å². The highest BCUT2D eigenvalue weighted by Crippen LogP contribution is 2.14. The molecule has 0 saturated carbocycles. The Hall–Kier alpha value is -2.42. The lowest BCUT2D eigenvalue weighted by atomic mass is 10.1. The summed E-state index contributed by atoms with van der Waals surface area (Å²) in [6.07, 6.45) is 3.25. The summed E-state index contributed by atoms with van der Waals surface area (Å²) in [6, 6.07) is 12.9. The molecule has 1 heterocycles. The van der Waals surface area contributed by atoms with Crippen LogP contribution in [-0.4, -0.2) is 10.9 Å². The third-order valence-electron chi connectivity index (χ3n) is 2.32. The lowest BCUT2D eigenvalue weighted by molar-refractivity contribution is -0.111. The Morgan fingerprint density at radius 3 is 2.14 bits per heavy atom. The lowest BCUT2D eigenvalue weighted by Gasteiger charge is -2.07. The molecule has 2 rings (SSSR count). The summed E-state index contributed by atoms with van der Waals surface area (Å²) in [7, 11) is 0. The van der Waals surface area contributed by atoms with Gasteiger partial charge in [-0.25, -0.2) is 0 Å². The van der Waals surface area contributed by atoms with Crippen molar-refractivity contribution >= 4 is 17.2 Å². The Morgan fingerprint density at radius 1 is 1.00 bits per heavy atom. The summed E-state index contributed by atoms with van der Waals surface area (Å²) in [6.45, 7) is 11.8. The fourth-order valence-corrected chi connectivity index (χ4v) is 1.41. The van der Waals surface area contributed by atoms with Crippen molar-refractivity contribution in [3.63, 3.8) is 0 Å². The molecule has 0 spiro atoms. The van der Waals surface area contributed by atoms with Crippen LogP contribution in [0.3, 0.4) is 0 Å². The normalized spacial score (nSPS) is 8.38. The van der Waals surface area contributed by atoms with E-state index in [9.17, 15) is 4.79 Å². The van der Waals surface area contributed by atoms with Crippen molar-refractivity contribution in [2.75, 3.05) is 5.32 Å². The molecular formula is C18H24N2O.